The Morgan fingerprint density at radius 1 is 0.727 bits per heavy atom. The van der Waals surface area contributed by atoms with E-state index in [4.69, 9.17) is 9.47 Å². The molecule has 9 nitrogen and oxygen atoms in total. The van der Waals surface area contributed by atoms with Crippen LogP contribution in [0.3, 0.4) is 0 Å². The number of hydrogen-bond acceptors (Lipinski definition) is 8. The van der Waals surface area contributed by atoms with E-state index >= 15 is 0 Å². The molecule has 0 aliphatic rings. The van der Waals surface area contributed by atoms with E-state index in [-0.39, 0.29) is 23.0 Å². The van der Waals surface area contributed by atoms with Gasteiger partial charge in [-0.2, -0.15) is 0 Å². The van der Waals surface area contributed by atoms with Crippen LogP contribution in [0.2, 0.25) is 0 Å². The fourth-order valence-electron chi connectivity index (χ4n) is 4.22. The minimum Gasteiger partial charge on any atom is -0.508 e. The molecule has 0 unspecified atom stereocenters. The van der Waals surface area contributed by atoms with Gasteiger partial charge < -0.3 is 40.1 Å². The number of phenols is 4. The molecule has 0 saturated heterocycles. The second-order valence-corrected chi connectivity index (χ2v) is 11.5. The van der Waals surface area contributed by atoms with Crippen molar-refractivity contribution in [1.82, 2.24) is 10.2 Å². The van der Waals surface area contributed by atoms with Crippen molar-refractivity contribution in [2.75, 3.05) is 27.3 Å². The van der Waals surface area contributed by atoms with Crippen molar-refractivity contribution < 1.29 is 34.7 Å². The standard InChI is InChI=1S/C17H18BrNO4.C16H18BrNO3/c1-23-17-9-15(18)13(8-16(17)22)6-7-19(11-20)10-12-2-4-14(21)5-3-12;1-21-16-9-14(17)12(8-15(16)20)6-7-18-10-11-2-4-13(19)5-3-11/h2-5,8-9,11,21-22H,6-7,10H2,1H3;2-5,8-9,18-20H,6-7,10H2,1H3. The molecule has 4 aromatic carbocycles. The van der Waals surface area contributed by atoms with Crippen LogP contribution in [0.1, 0.15) is 22.3 Å². The monoisotopic (exact) mass is 730 g/mol. The van der Waals surface area contributed by atoms with E-state index in [0.29, 0.717) is 31.0 Å². The summed E-state index contributed by atoms with van der Waals surface area (Å²) in [6.45, 7) is 2.49. The Morgan fingerprint density at radius 2 is 1.20 bits per heavy atom. The van der Waals surface area contributed by atoms with E-state index < -0.39 is 0 Å². The highest BCUT2D eigenvalue weighted by molar-refractivity contribution is 9.10. The molecule has 0 aliphatic heterocycles. The maximum atomic E-state index is 11.2. The molecule has 1 amide bonds. The lowest BCUT2D eigenvalue weighted by Crippen LogP contribution is -2.24. The summed E-state index contributed by atoms with van der Waals surface area (Å²) in [5.41, 5.74) is 3.96. The van der Waals surface area contributed by atoms with Gasteiger partial charge in [-0.25, -0.2) is 0 Å². The first-order chi connectivity index (χ1) is 21.1. The number of benzene rings is 4. The number of nitrogens with zero attached hydrogens (tertiary/aromatic N) is 1. The number of aromatic hydroxyl groups is 4. The van der Waals surface area contributed by atoms with Crippen molar-refractivity contribution in [3.05, 3.63) is 104 Å². The van der Waals surface area contributed by atoms with Gasteiger partial charge in [-0.3, -0.25) is 4.79 Å². The van der Waals surface area contributed by atoms with Crippen LogP contribution < -0.4 is 14.8 Å². The Labute approximate surface area is 274 Å². The lowest BCUT2D eigenvalue weighted by atomic mass is 10.1. The summed E-state index contributed by atoms with van der Waals surface area (Å²) < 4.78 is 11.8. The van der Waals surface area contributed by atoms with Crippen LogP contribution in [0.25, 0.3) is 0 Å². The highest BCUT2D eigenvalue weighted by Gasteiger charge is 2.11. The van der Waals surface area contributed by atoms with E-state index in [9.17, 15) is 25.2 Å². The van der Waals surface area contributed by atoms with Gasteiger partial charge in [0.05, 0.1) is 14.2 Å². The second-order valence-electron chi connectivity index (χ2n) is 9.82. The summed E-state index contributed by atoms with van der Waals surface area (Å²) in [5, 5.41) is 41.5. The summed E-state index contributed by atoms with van der Waals surface area (Å²) in [6.07, 6.45) is 2.18. The molecular weight excluding hydrogens is 696 g/mol. The van der Waals surface area contributed by atoms with Crippen LogP contribution in [0.15, 0.2) is 81.7 Å². The summed E-state index contributed by atoms with van der Waals surface area (Å²) >= 11 is 6.92. The number of rotatable bonds is 13. The fraction of sp³-hybridized carbons (Fsp3) is 0.242. The van der Waals surface area contributed by atoms with Gasteiger partial charge >= 0.3 is 0 Å². The normalized spacial score (nSPS) is 10.5. The molecule has 4 rings (SSSR count). The summed E-state index contributed by atoms with van der Waals surface area (Å²) in [7, 11) is 3.02. The van der Waals surface area contributed by atoms with Crippen molar-refractivity contribution in [1.29, 1.82) is 0 Å². The third kappa shape index (κ3) is 10.7. The first-order valence-corrected chi connectivity index (χ1v) is 15.3. The lowest BCUT2D eigenvalue weighted by molar-refractivity contribution is -0.118. The number of carbonyl (C=O) groups is 1. The molecule has 5 N–H and O–H groups in total. The Morgan fingerprint density at radius 3 is 1.68 bits per heavy atom. The molecule has 0 aromatic heterocycles. The van der Waals surface area contributed by atoms with Gasteiger partial charge in [-0.1, -0.05) is 56.1 Å². The summed E-state index contributed by atoms with van der Waals surface area (Å²) in [6, 6.07) is 20.7. The predicted octanol–water partition coefficient (Wildman–Crippen LogP) is 6.27. The molecule has 0 heterocycles. The van der Waals surface area contributed by atoms with E-state index in [1.807, 2.05) is 12.1 Å². The predicted molar refractivity (Wildman–Crippen MR) is 177 cm³/mol. The Bertz CT molecular complexity index is 1500. The summed E-state index contributed by atoms with van der Waals surface area (Å²) in [5.74, 6) is 1.55. The lowest BCUT2D eigenvalue weighted by Gasteiger charge is -2.18. The van der Waals surface area contributed by atoms with Crippen LogP contribution in [0, 0.1) is 0 Å². The number of amides is 1. The highest BCUT2D eigenvalue weighted by atomic mass is 79.9. The van der Waals surface area contributed by atoms with Crippen LogP contribution in [0.5, 0.6) is 34.5 Å². The minimum absolute atomic E-state index is 0.0712. The van der Waals surface area contributed by atoms with E-state index in [2.05, 4.69) is 37.2 Å². The number of methoxy groups -OCH3 is 2. The van der Waals surface area contributed by atoms with Gasteiger partial charge in [0.15, 0.2) is 23.0 Å². The molecule has 0 spiro atoms. The first-order valence-electron chi connectivity index (χ1n) is 13.7. The van der Waals surface area contributed by atoms with E-state index in [1.165, 1.54) is 14.2 Å². The molecule has 0 fully saturated rings. The van der Waals surface area contributed by atoms with Crippen LogP contribution in [0.4, 0.5) is 0 Å². The third-order valence-electron chi connectivity index (χ3n) is 6.67. The topological polar surface area (TPSA) is 132 Å². The average molecular weight is 732 g/mol. The molecule has 0 atom stereocenters. The van der Waals surface area contributed by atoms with E-state index in [0.717, 1.165) is 57.1 Å². The number of nitrogens with one attached hydrogen (secondary N) is 1. The second kappa shape index (κ2) is 17.4. The zero-order valence-corrected chi connectivity index (χ0v) is 27.6. The van der Waals surface area contributed by atoms with Crippen molar-refractivity contribution in [2.24, 2.45) is 0 Å². The first kappa shape index (κ1) is 34.6. The van der Waals surface area contributed by atoms with Gasteiger partial charge in [0, 0.05) is 28.6 Å². The molecule has 44 heavy (non-hydrogen) atoms. The van der Waals surface area contributed by atoms with Crippen LogP contribution >= 0.6 is 31.9 Å². The fourth-order valence-corrected chi connectivity index (χ4v) is 5.26. The highest BCUT2D eigenvalue weighted by Crippen LogP contribution is 2.33. The zero-order chi connectivity index (χ0) is 32.1. The molecule has 0 saturated carbocycles. The summed E-state index contributed by atoms with van der Waals surface area (Å²) in [4.78, 5) is 12.9. The average Bonchev–Trinajstić information content (AvgIpc) is 3.02. The van der Waals surface area contributed by atoms with Crippen LogP contribution in [-0.2, 0) is 30.7 Å². The number of ether oxygens (including phenoxy) is 2. The number of phenolic OH excluding ortho intramolecular Hbond substituents is 4. The van der Waals surface area contributed by atoms with Gasteiger partial charge in [-0.15, -0.1) is 0 Å². The number of carbonyl (C=O) groups excluding carboxylic acids is 1. The smallest absolute Gasteiger partial charge is 0.210 e. The third-order valence-corrected chi connectivity index (χ3v) is 8.15. The van der Waals surface area contributed by atoms with Crippen molar-refractivity contribution in [3.8, 4) is 34.5 Å². The molecular formula is C33H36Br2N2O7. The van der Waals surface area contributed by atoms with Crippen molar-refractivity contribution in [3.63, 3.8) is 0 Å². The molecule has 234 valence electrons. The Balaban J connectivity index is 0.000000241. The Hall–Kier alpha value is -3.93. The SMILES string of the molecule is COc1cc(Br)c(CCN(C=O)Cc2ccc(O)cc2)cc1O.COc1cc(Br)c(CCNCc2ccc(O)cc2)cc1O. The van der Waals surface area contributed by atoms with Gasteiger partial charge in [0.1, 0.15) is 11.5 Å². The van der Waals surface area contributed by atoms with Gasteiger partial charge in [-0.05, 0) is 90.2 Å². The molecule has 11 heteroatoms. The maximum Gasteiger partial charge on any atom is 0.210 e. The van der Waals surface area contributed by atoms with E-state index in [1.54, 1.807) is 65.6 Å². The molecule has 4 aromatic rings. The molecule has 0 aliphatic carbocycles. The van der Waals surface area contributed by atoms with Gasteiger partial charge in [0.2, 0.25) is 6.41 Å². The largest absolute Gasteiger partial charge is 0.508 e. The number of hydrogen-bond donors (Lipinski definition) is 5. The zero-order valence-electron chi connectivity index (χ0n) is 24.5. The van der Waals surface area contributed by atoms with Crippen molar-refractivity contribution >= 4 is 38.3 Å². The maximum absolute atomic E-state index is 11.2. The Kier molecular flexibility index (Phi) is 13.7. The van der Waals surface area contributed by atoms with Crippen LogP contribution in [-0.4, -0.2) is 59.0 Å². The van der Waals surface area contributed by atoms with Crippen molar-refractivity contribution in [2.45, 2.75) is 25.9 Å². The minimum atomic E-state index is 0.0712. The number of halogens is 2. The van der Waals surface area contributed by atoms with Gasteiger partial charge in [0.25, 0.3) is 0 Å². The quantitative estimate of drug-likeness (QED) is 0.0804. The molecule has 0 radical (unpaired) electrons. The molecule has 0 bridgehead atoms.